The topological polar surface area (TPSA) is 42.0 Å². The number of carbonyl (C=O) groups is 1. The van der Waals surface area contributed by atoms with Crippen LogP contribution in [0, 0.1) is 0 Å². The lowest BCUT2D eigenvalue weighted by molar-refractivity contribution is -0.130. The summed E-state index contributed by atoms with van der Waals surface area (Å²) in [6.45, 7) is 2.89. The van der Waals surface area contributed by atoms with Crippen LogP contribution in [0.3, 0.4) is 0 Å². The number of hydrogen-bond donors (Lipinski definition) is 0. The molecule has 2 aromatic carbocycles. The maximum atomic E-state index is 12.5. The third-order valence-corrected chi connectivity index (χ3v) is 4.88. The van der Waals surface area contributed by atoms with Crippen LogP contribution in [0.15, 0.2) is 42.5 Å². The van der Waals surface area contributed by atoms with Gasteiger partial charge >= 0.3 is 0 Å². The fourth-order valence-corrected chi connectivity index (χ4v) is 3.26. The minimum Gasteiger partial charge on any atom is -0.497 e. The van der Waals surface area contributed by atoms with Crippen molar-refractivity contribution in [3.05, 3.63) is 53.1 Å². The van der Waals surface area contributed by atoms with Crippen molar-refractivity contribution in [3.63, 3.8) is 0 Å². The third kappa shape index (κ3) is 4.22. The van der Waals surface area contributed by atoms with Gasteiger partial charge in [0.1, 0.15) is 11.5 Å². The number of hydrogen-bond acceptors (Lipinski definition) is 4. The maximum absolute atomic E-state index is 12.5. The number of carbonyl (C=O) groups excluding carboxylic acids is 1. The Kier molecular flexibility index (Phi) is 5.89. The van der Waals surface area contributed by atoms with Crippen molar-refractivity contribution >= 4 is 23.2 Å². The molecular formula is C20H23ClN2O3. The van der Waals surface area contributed by atoms with Crippen molar-refractivity contribution in [1.29, 1.82) is 0 Å². The molecule has 26 heavy (non-hydrogen) atoms. The largest absolute Gasteiger partial charge is 0.497 e. The minimum absolute atomic E-state index is 0.143. The van der Waals surface area contributed by atoms with Crippen LogP contribution in [0.25, 0.3) is 0 Å². The molecule has 0 unspecified atom stereocenters. The van der Waals surface area contributed by atoms with E-state index in [0.717, 1.165) is 35.8 Å². The van der Waals surface area contributed by atoms with Crippen LogP contribution in [0.2, 0.25) is 5.02 Å². The highest BCUT2D eigenvalue weighted by Gasteiger charge is 2.23. The first-order valence-corrected chi connectivity index (χ1v) is 8.97. The van der Waals surface area contributed by atoms with Gasteiger partial charge in [0.15, 0.2) is 0 Å². The van der Waals surface area contributed by atoms with Crippen molar-refractivity contribution in [1.82, 2.24) is 4.90 Å². The first-order chi connectivity index (χ1) is 12.6. The fraction of sp³-hybridized carbons (Fsp3) is 0.350. The zero-order valence-corrected chi connectivity index (χ0v) is 15.8. The van der Waals surface area contributed by atoms with E-state index in [9.17, 15) is 4.79 Å². The molecule has 0 radical (unpaired) electrons. The lowest BCUT2D eigenvalue weighted by Crippen LogP contribution is -2.49. The van der Waals surface area contributed by atoms with Crippen LogP contribution in [-0.2, 0) is 11.2 Å². The van der Waals surface area contributed by atoms with Crippen molar-refractivity contribution < 1.29 is 14.3 Å². The van der Waals surface area contributed by atoms with E-state index in [1.54, 1.807) is 14.2 Å². The molecule has 5 nitrogen and oxygen atoms in total. The van der Waals surface area contributed by atoms with Crippen LogP contribution in [0.1, 0.15) is 5.56 Å². The Morgan fingerprint density at radius 1 is 1.00 bits per heavy atom. The van der Waals surface area contributed by atoms with Gasteiger partial charge in [0.2, 0.25) is 5.91 Å². The van der Waals surface area contributed by atoms with Crippen molar-refractivity contribution in [3.8, 4) is 11.5 Å². The molecule has 0 atom stereocenters. The molecule has 1 fully saturated rings. The predicted molar refractivity (Wildman–Crippen MR) is 103 cm³/mol. The number of anilines is 1. The lowest BCUT2D eigenvalue weighted by atomic mass is 10.1. The number of nitrogens with zero attached hydrogens (tertiary/aromatic N) is 2. The van der Waals surface area contributed by atoms with Gasteiger partial charge in [-0.05, 0) is 29.8 Å². The number of halogens is 1. The molecule has 0 spiro atoms. The van der Waals surface area contributed by atoms with E-state index < -0.39 is 0 Å². The molecule has 0 saturated carbocycles. The summed E-state index contributed by atoms with van der Waals surface area (Å²) in [5.41, 5.74) is 1.98. The smallest absolute Gasteiger partial charge is 0.227 e. The number of benzene rings is 2. The Labute approximate surface area is 159 Å². The molecule has 1 amide bonds. The summed E-state index contributed by atoms with van der Waals surface area (Å²) in [5.74, 6) is 1.75. The monoisotopic (exact) mass is 374 g/mol. The minimum atomic E-state index is 0.143. The number of methoxy groups -OCH3 is 2. The van der Waals surface area contributed by atoms with Gasteiger partial charge in [-0.2, -0.15) is 0 Å². The summed E-state index contributed by atoms with van der Waals surface area (Å²) < 4.78 is 10.8. The Balaban J connectivity index is 1.62. The molecule has 6 heteroatoms. The molecule has 0 aromatic heterocycles. The summed E-state index contributed by atoms with van der Waals surface area (Å²) in [6.07, 6.45) is 0.402. The molecule has 3 rings (SSSR count). The van der Waals surface area contributed by atoms with Crippen LogP contribution >= 0.6 is 11.6 Å². The van der Waals surface area contributed by atoms with E-state index in [0.29, 0.717) is 24.5 Å². The molecule has 0 N–H and O–H groups in total. The molecular weight excluding hydrogens is 352 g/mol. The number of amides is 1. The average molecular weight is 375 g/mol. The lowest BCUT2D eigenvalue weighted by Gasteiger charge is -2.36. The molecule has 1 aliphatic heterocycles. The average Bonchev–Trinajstić information content (AvgIpc) is 2.69. The maximum Gasteiger partial charge on any atom is 0.227 e. The van der Waals surface area contributed by atoms with Gasteiger partial charge < -0.3 is 19.3 Å². The number of ether oxygens (including phenoxy) is 2. The molecule has 1 saturated heterocycles. The third-order valence-electron chi connectivity index (χ3n) is 4.63. The molecule has 0 bridgehead atoms. The van der Waals surface area contributed by atoms with E-state index in [1.807, 2.05) is 47.4 Å². The van der Waals surface area contributed by atoms with E-state index in [4.69, 9.17) is 21.1 Å². The van der Waals surface area contributed by atoms with E-state index >= 15 is 0 Å². The second-order valence-corrected chi connectivity index (χ2v) is 6.65. The van der Waals surface area contributed by atoms with Crippen molar-refractivity contribution in [2.75, 3.05) is 45.3 Å². The molecule has 0 aliphatic carbocycles. The molecule has 1 aliphatic rings. The van der Waals surface area contributed by atoms with Gasteiger partial charge in [-0.1, -0.05) is 23.7 Å². The van der Waals surface area contributed by atoms with Crippen molar-refractivity contribution in [2.24, 2.45) is 0 Å². The predicted octanol–water partition coefficient (Wildman–Crippen LogP) is 3.25. The second-order valence-electron chi connectivity index (χ2n) is 6.21. The first-order valence-electron chi connectivity index (χ1n) is 8.60. The van der Waals surface area contributed by atoms with Gasteiger partial charge in [0.25, 0.3) is 0 Å². The SMILES string of the molecule is COc1ccc(OC)c(N2CCN(C(=O)Cc3ccc(Cl)cc3)CC2)c1. The van der Waals surface area contributed by atoms with Gasteiger partial charge in [-0.25, -0.2) is 0 Å². The zero-order valence-electron chi connectivity index (χ0n) is 15.1. The summed E-state index contributed by atoms with van der Waals surface area (Å²) >= 11 is 5.90. The van der Waals surface area contributed by atoms with Crippen molar-refractivity contribution in [2.45, 2.75) is 6.42 Å². The summed E-state index contributed by atoms with van der Waals surface area (Å²) in [4.78, 5) is 16.7. The van der Waals surface area contributed by atoms with Gasteiger partial charge in [-0.15, -0.1) is 0 Å². The summed E-state index contributed by atoms with van der Waals surface area (Å²) in [7, 11) is 3.32. The Hall–Kier alpha value is -2.40. The van der Waals surface area contributed by atoms with Gasteiger partial charge in [0.05, 0.1) is 26.3 Å². The normalized spacial score (nSPS) is 14.3. The number of piperazine rings is 1. The zero-order chi connectivity index (χ0) is 18.5. The van der Waals surface area contributed by atoms with E-state index in [2.05, 4.69) is 4.90 Å². The highest BCUT2D eigenvalue weighted by molar-refractivity contribution is 6.30. The fourth-order valence-electron chi connectivity index (χ4n) is 3.13. The second kappa shape index (κ2) is 8.32. The van der Waals surface area contributed by atoms with Gasteiger partial charge in [0, 0.05) is 37.3 Å². The molecule has 138 valence electrons. The highest BCUT2D eigenvalue weighted by Crippen LogP contribution is 2.32. The van der Waals surface area contributed by atoms with E-state index in [1.165, 1.54) is 0 Å². The van der Waals surface area contributed by atoms with Crippen LogP contribution in [0.4, 0.5) is 5.69 Å². The standard InChI is InChI=1S/C20H23ClN2O3/c1-25-17-7-8-19(26-2)18(14-17)22-9-11-23(12-10-22)20(24)13-15-3-5-16(21)6-4-15/h3-8,14H,9-13H2,1-2H3. The molecule has 1 heterocycles. The van der Waals surface area contributed by atoms with E-state index in [-0.39, 0.29) is 5.91 Å². The van der Waals surface area contributed by atoms with Crippen LogP contribution in [0.5, 0.6) is 11.5 Å². The Morgan fingerprint density at radius 2 is 1.69 bits per heavy atom. The summed E-state index contributed by atoms with van der Waals surface area (Å²) in [6, 6.07) is 13.2. The first kappa shape index (κ1) is 18.4. The number of rotatable bonds is 5. The Bertz CT molecular complexity index is 756. The quantitative estimate of drug-likeness (QED) is 0.805. The van der Waals surface area contributed by atoms with Gasteiger partial charge in [-0.3, -0.25) is 4.79 Å². The Morgan fingerprint density at radius 3 is 2.31 bits per heavy atom. The molecule has 2 aromatic rings. The van der Waals surface area contributed by atoms with Crippen LogP contribution in [-0.4, -0.2) is 51.2 Å². The highest BCUT2D eigenvalue weighted by atomic mass is 35.5. The van der Waals surface area contributed by atoms with Crippen LogP contribution < -0.4 is 14.4 Å². The summed E-state index contributed by atoms with van der Waals surface area (Å²) in [5, 5.41) is 0.682.